The fourth-order valence-corrected chi connectivity index (χ4v) is 2.57. The molecule has 0 aliphatic carbocycles. The highest BCUT2D eigenvalue weighted by atomic mass is 16.5. The Labute approximate surface area is 149 Å². The van der Waals surface area contributed by atoms with Gasteiger partial charge in [0.05, 0.1) is 0 Å². The van der Waals surface area contributed by atoms with Crippen molar-refractivity contribution in [3.05, 3.63) is 0 Å². The molecule has 0 rings (SSSR count). The van der Waals surface area contributed by atoms with Crippen LogP contribution in [0.5, 0.6) is 0 Å². The Kier molecular flexibility index (Phi) is 15.3. The summed E-state index contributed by atoms with van der Waals surface area (Å²) in [7, 11) is 0. The standard InChI is InChI=1S/C21H40O3/c1-18(2)20(22)14-10-7-5-6-8-12-16-24-17-13-9-11-15-21(23)19(3)4/h18-19H,5-17H2,1-4H3. The molecule has 0 aliphatic heterocycles. The van der Waals surface area contributed by atoms with Gasteiger partial charge >= 0.3 is 0 Å². The first kappa shape index (κ1) is 23.3. The third-order valence-corrected chi connectivity index (χ3v) is 4.46. The molecule has 0 spiro atoms. The van der Waals surface area contributed by atoms with E-state index >= 15 is 0 Å². The van der Waals surface area contributed by atoms with Crippen molar-refractivity contribution in [1.82, 2.24) is 0 Å². The molecule has 0 radical (unpaired) electrons. The van der Waals surface area contributed by atoms with Crippen LogP contribution in [0.3, 0.4) is 0 Å². The molecule has 0 saturated carbocycles. The molecule has 0 saturated heterocycles. The monoisotopic (exact) mass is 340 g/mol. The van der Waals surface area contributed by atoms with Crippen molar-refractivity contribution in [3.8, 4) is 0 Å². The van der Waals surface area contributed by atoms with E-state index in [4.69, 9.17) is 4.74 Å². The van der Waals surface area contributed by atoms with E-state index in [0.717, 1.165) is 58.2 Å². The lowest BCUT2D eigenvalue weighted by Crippen LogP contribution is -2.06. The van der Waals surface area contributed by atoms with E-state index in [1.807, 2.05) is 27.7 Å². The molecule has 0 bridgehead atoms. The van der Waals surface area contributed by atoms with Crippen molar-refractivity contribution in [2.75, 3.05) is 13.2 Å². The first-order valence-corrected chi connectivity index (χ1v) is 10.1. The van der Waals surface area contributed by atoms with Gasteiger partial charge in [-0.2, -0.15) is 0 Å². The first-order chi connectivity index (χ1) is 11.4. The molecular formula is C21H40O3. The fourth-order valence-electron chi connectivity index (χ4n) is 2.57. The number of carbonyl (C=O) groups is 2. The summed E-state index contributed by atoms with van der Waals surface area (Å²) in [6.45, 7) is 9.58. The maximum absolute atomic E-state index is 11.5. The van der Waals surface area contributed by atoms with Crippen LogP contribution in [0.4, 0.5) is 0 Å². The Morgan fingerprint density at radius 2 is 0.917 bits per heavy atom. The lowest BCUT2D eigenvalue weighted by molar-refractivity contribution is -0.122. The van der Waals surface area contributed by atoms with Crippen LogP contribution in [0.2, 0.25) is 0 Å². The summed E-state index contributed by atoms with van der Waals surface area (Å²) in [4.78, 5) is 22.9. The SMILES string of the molecule is CC(C)C(=O)CCCCCCCCOCCCCCC(=O)C(C)C. The molecule has 0 unspecified atom stereocenters. The predicted octanol–water partition coefficient (Wildman–Crippen LogP) is 5.74. The van der Waals surface area contributed by atoms with E-state index in [1.54, 1.807) is 0 Å². The number of hydrogen-bond acceptors (Lipinski definition) is 3. The summed E-state index contributed by atoms with van der Waals surface area (Å²) >= 11 is 0. The molecule has 24 heavy (non-hydrogen) atoms. The summed E-state index contributed by atoms with van der Waals surface area (Å²) in [6.07, 6.45) is 11.7. The zero-order valence-corrected chi connectivity index (χ0v) is 16.6. The summed E-state index contributed by atoms with van der Waals surface area (Å²) < 4.78 is 5.64. The van der Waals surface area contributed by atoms with Crippen LogP contribution in [0.15, 0.2) is 0 Å². The third kappa shape index (κ3) is 14.9. The topological polar surface area (TPSA) is 43.4 Å². The van der Waals surface area contributed by atoms with E-state index in [0.29, 0.717) is 11.6 Å². The number of ether oxygens (including phenoxy) is 1. The van der Waals surface area contributed by atoms with Gasteiger partial charge in [0.1, 0.15) is 11.6 Å². The highest BCUT2D eigenvalue weighted by Crippen LogP contribution is 2.10. The molecule has 0 atom stereocenters. The van der Waals surface area contributed by atoms with E-state index in [1.165, 1.54) is 25.7 Å². The van der Waals surface area contributed by atoms with Crippen molar-refractivity contribution >= 4 is 11.6 Å². The smallest absolute Gasteiger partial charge is 0.135 e. The van der Waals surface area contributed by atoms with E-state index < -0.39 is 0 Å². The van der Waals surface area contributed by atoms with Gasteiger partial charge in [-0.1, -0.05) is 59.8 Å². The summed E-state index contributed by atoms with van der Waals surface area (Å²) in [5, 5.41) is 0. The van der Waals surface area contributed by atoms with Crippen LogP contribution in [0, 0.1) is 11.8 Å². The van der Waals surface area contributed by atoms with Crippen LogP contribution in [-0.2, 0) is 14.3 Å². The highest BCUT2D eigenvalue weighted by molar-refractivity contribution is 5.80. The lowest BCUT2D eigenvalue weighted by Gasteiger charge is -2.06. The van der Waals surface area contributed by atoms with Crippen LogP contribution in [0.25, 0.3) is 0 Å². The summed E-state index contributed by atoms with van der Waals surface area (Å²) in [5.74, 6) is 1.15. The van der Waals surface area contributed by atoms with Crippen molar-refractivity contribution in [2.24, 2.45) is 11.8 Å². The zero-order chi connectivity index (χ0) is 18.2. The van der Waals surface area contributed by atoms with Crippen molar-refractivity contribution < 1.29 is 14.3 Å². The Hall–Kier alpha value is -0.700. The van der Waals surface area contributed by atoms with Gasteiger partial charge in [0.25, 0.3) is 0 Å². The first-order valence-electron chi connectivity index (χ1n) is 10.1. The van der Waals surface area contributed by atoms with Gasteiger partial charge in [-0.15, -0.1) is 0 Å². The largest absolute Gasteiger partial charge is 0.381 e. The van der Waals surface area contributed by atoms with Gasteiger partial charge in [0.2, 0.25) is 0 Å². The Balaban J connectivity index is 3.15. The van der Waals surface area contributed by atoms with Gasteiger partial charge in [-0.05, 0) is 25.7 Å². The van der Waals surface area contributed by atoms with Crippen LogP contribution < -0.4 is 0 Å². The molecule has 0 amide bonds. The van der Waals surface area contributed by atoms with Gasteiger partial charge in [0, 0.05) is 37.9 Å². The maximum atomic E-state index is 11.5. The van der Waals surface area contributed by atoms with Crippen molar-refractivity contribution in [3.63, 3.8) is 0 Å². The van der Waals surface area contributed by atoms with Crippen LogP contribution in [0.1, 0.15) is 98.3 Å². The quantitative estimate of drug-likeness (QED) is 0.317. The number of rotatable bonds is 17. The molecule has 142 valence electrons. The zero-order valence-electron chi connectivity index (χ0n) is 16.6. The molecular weight excluding hydrogens is 300 g/mol. The molecule has 0 aromatic heterocycles. The maximum Gasteiger partial charge on any atom is 0.135 e. The average molecular weight is 341 g/mol. The molecule has 0 aromatic rings. The predicted molar refractivity (Wildman–Crippen MR) is 101 cm³/mol. The number of unbranched alkanes of at least 4 members (excludes halogenated alkanes) is 7. The Bertz CT molecular complexity index is 289. The minimum Gasteiger partial charge on any atom is -0.381 e. The van der Waals surface area contributed by atoms with Crippen molar-refractivity contribution in [2.45, 2.75) is 98.3 Å². The Morgan fingerprint density at radius 3 is 1.33 bits per heavy atom. The average Bonchev–Trinajstić information content (AvgIpc) is 2.54. The van der Waals surface area contributed by atoms with E-state index in [-0.39, 0.29) is 11.8 Å². The fraction of sp³-hybridized carbons (Fsp3) is 0.905. The summed E-state index contributed by atoms with van der Waals surface area (Å²) in [5.41, 5.74) is 0. The van der Waals surface area contributed by atoms with Gasteiger partial charge in [-0.25, -0.2) is 0 Å². The number of Topliss-reactive ketones (excluding diaryl/α,β-unsaturated/α-hetero) is 2. The molecule has 3 nitrogen and oxygen atoms in total. The minimum atomic E-state index is 0.178. The Morgan fingerprint density at radius 1 is 0.583 bits per heavy atom. The highest BCUT2D eigenvalue weighted by Gasteiger charge is 2.06. The number of ketones is 2. The number of hydrogen-bond donors (Lipinski definition) is 0. The molecule has 0 aliphatic rings. The number of carbonyl (C=O) groups excluding carboxylic acids is 2. The second-order valence-corrected chi connectivity index (χ2v) is 7.54. The summed E-state index contributed by atoms with van der Waals surface area (Å²) in [6, 6.07) is 0. The van der Waals surface area contributed by atoms with Gasteiger partial charge < -0.3 is 4.74 Å². The van der Waals surface area contributed by atoms with Gasteiger partial charge in [-0.3, -0.25) is 9.59 Å². The molecule has 0 N–H and O–H groups in total. The third-order valence-electron chi connectivity index (χ3n) is 4.46. The van der Waals surface area contributed by atoms with Crippen molar-refractivity contribution in [1.29, 1.82) is 0 Å². The molecule has 0 heterocycles. The lowest BCUT2D eigenvalue weighted by atomic mass is 10.0. The van der Waals surface area contributed by atoms with Gasteiger partial charge in [0.15, 0.2) is 0 Å². The molecule has 0 aromatic carbocycles. The molecule has 3 heteroatoms. The van der Waals surface area contributed by atoms with Crippen LogP contribution in [-0.4, -0.2) is 24.8 Å². The van der Waals surface area contributed by atoms with Crippen LogP contribution >= 0.6 is 0 Å². The second-order valence-electron chi connectivity index (χ2n) is 7.54. The van der Waals surface area contributed by atoms with E-state index in [9.17, 15) is 9.59 Å². The molecule has 0 fully saturated rings. The van der Waals surface area contributed by atoms with E-state index in [2.05, 4.69) is 0 Å². The second kappa shape index (κ2) is 15.8. The minimum absolute atomic E-state index is 0.178. The normalized spacial score (nSPS) is 11.4.